The third-order valence-corrected chi connectivity index (χ3v) is 4.68. The van der Waals surface area contributed by atoms with Crippen molar-refractivity contribution in [2.24, 2.45) is 0 Å². The predicted octanol–water partition coefficient (Wildman–Crippen LogP) is 4.37. The van der Waals surface area contributed by atoms with Crippen molar-refractivity contribution < 1.29 is 4.79 Å². The summed E-state index contributed by atoms with van der Waals surface area (Å²) in [6, 6.07) is 8.07. The van der Waals surface area contributed by atoms with Crippen LogP contribution in [0.3, 0.4) is 0 Å². The van der Waals surface area contributed by atoms with Crippen molar-refractivity contribution in [2.45, 2.75) is 19.8 Å². The number of ketones is 1. The van der Waals surface area contributed by atoms with Gasteiger partial charge >= 0.3 is 0 Å². The van der Waals surface area contributed by atoms with Crippen LogP contribution >= 0.6 is 22.9 Å². The van der Waals surface area contributed by atoms with E-state index in [4.69, 9.17) is 11.6 Å². The van der Waals surface area contributed by atoms with E-state index in [0.717, 1.165) is 22.7 Å². The molecule has 1 aliphatic rings. The van der Waals surface area contributed by atoms with Crippen molar-refractivity contribution >= 4 is 28.7 Å². The fourth-order valence-electron chi connectivity index (χ4n) is 2.26. The largest absolute Gasteiger partial charge is 0.294 e. The van der Waals surface area contributed by atoms with Crippen LogP contribution in [0.2, 0.25) is 5.02 Å². The number of carbonyl (C=O) groups is 1. The van der Waals surface area contributed by atoms with Crippen LogP contribution < -0.4 is 0 Å². The predicted molar refractivity (Wildman–Crippen MR) is 72.2 cm³/mol. The molecule has 1 heterocycles. The molecule has 0 bridgehead atoms. The van der Waals surface area contributed by atoms with E-state index in [-0.39, 0.29) is 5.78 Å². The van der Waals surface area contributed by atoms with E-state index in [1.54, 1.807) is 18.3 Å². The summed E-state index contributed by atoms with van der Waals surface area (Å²) < 4.78 is 0. The van der Waals surface area contributed by atoms with Crippen LogP contribution in [0.25, 0.3) is 10.4 Å². The molecule has 3 rings (SSSR count). The van der Waals surface area contributed by atoms with Crippen molar-refractivity contribution in [1.82, 2.24) is 0 Å². The molecule has 0 spiro atoms. The monoisotopic (exact) mass is 262 g/mol. The number of hydrogen-bond donors (Lipinski definition) is 0. The number of rotatable bonds is 1. The zero-order valence-electron chi connectivity index (χ0n) is 9.42. The van der Waals surface area contributed by atoms with Crippen LogP contribution in [0, 0.1) is 0 Å². The molecule has 3 heteroatoms. The first kappa shape index (κ1) is 11.0. The zero-order chi connectivity index (χ0) is 12.0. The van der Waals surface area contributed by atoms with Gasteiger partial charge in [0.15, 0.2) is 5.78 Å². The lowest BCUT2D eigenvalue weighted by Gasteiger charge is -2.15. The van der Waals surface area contributed by atoms with Crippen molar-refractivity contribution in [3.63, 3.8) is 0 Å². The molecule has 0 fully saturated rings. The molecule has 0 N–H and O–H groups in total. The average molecular weight is 263 g/mol. The van der Waals surface area contributed by atoms with E-state index in [9.17, 15) is 4.79 Å². The molecule has 0 atom stereocenters. The van der Waals surface area contributed by atoms with E-state index in [1.807, 2.05) is 18.2 Å². The molecule has 17 heavy (non-hydrogen) atoms. The molecule has 0 saturated carbocycles. The normalized spacial score (nSPS) is 13.1. The number of thiophene rings is 1. The lowest BCUT2D eigenvalue weighted by atomic mass is 9.91. The molecule has 0 radical (unpaired) electrons. The highest BCUT2D eigenvalue weighted by Gasteiger charge is 2.20. The topological polar surface area (TPSA) is 17.1 Å². The summed E-state index contributed by atoms with van der Waals surface area (Å²) in [5.74, 6) is 0.146. The number of benzene rings is 1. The maximum absolute atomic E-state index is 11.4. The van der Waals surface area contributed by atoms with Gasteiger partial charge in [-0.3, -0.25) is 4.79 Å². The molecule has 1 aliphatic carbocycles. The Kier molecular flexibility index (Phi) is 2.57. The molecule has 1 aromatic carbocycles. The minimum Gasteiger partial charge on any atom is -0.294 e. The maximum atomic E-state index is 11.4. The Hall–Kier alpha value is -1.12. The third kappa shape index (κ3) is 1.81. The summed E-state index contributed by atoms with van der Waals surface area (Å²) in [6.07, 6.45) is 2.06. The van der Waals surface area contributed by atoms with E-state index < -0.39 is 0 Å². The Bertz CT molecular complexity index is 613. The Morgan fingerprint density at radius 2 is 2.00 bits per heavy atom. The van der Waals surface area contributed by atoms with Crippen molar-refractivity contribution in [1.29, 1.82) is 0 Å². The second kappa shape index (κ2) is 3.97. The van der Waals surface area contributed by atoms with Gasteiger partial charge in [-0.25, -0.2) is 0 Å². The first-order valence-electron chi connectivity index (χ1n) is 5.57. The van der Waals surface area contributed by atoms with Crippen molar-refractivity contribution in [3.8, 4) is 10.4 Å². The van der Waals surface area contributed by atoms with Crippen LogP contribution in [0.1, 0.15) is 27.7 Å². The minimum absolute atomic E-state index is 0.146. The fraction of sp³-hybridized carbons (Fsp3) is 0.214. The quantitative estimate of drug-likeness (QED) is 0.698. The number of fused-ring (bicyclic) bond motifs is 3. The lowest BCUT2D eigenvalue weighted by molar-refractivity contribution is 0.102. The fourth-order valence-corrected chi connectivity index (χ4v) is 3.59. The van der Waals surface area contributed by atoms with Gasteiger partial charge in [-0.2, -0.15) is 0 Å². The molecule has 1 aromatic heterocycles. The van der Waals surface area contributed by atoms with E-state index in [0.29, 0.717) is 0 Å². The smallest absolute Gasteiger partial charge is 0.169 e. The van der Waals surface area contributed by atoms with Gasteiger partial charge in [-0.1, -0.05) is 17.7 Å². The van der Waals surface area contributed by atoms with Gasteiger partial charge in [0.2, 0.25) is 0 Å². The van der Waals surface area contributed by atoms with Gasteiger partial charge in [0.05, 0.1) is 4.88 Å². The maximum Gasteiger partial charge on any atom is 0.169 e. The highest BCUT2D eigenvalue weighted by atomic mass is 35.5. The van der Waals surface area contributed by atoms with Crippen LogP contribution in [-0.2, 0) is 12.8 Å². The molecule has 0 amide bonds. The van der Waals surface area contributed by atoms with Crippen LogP contribution in [0.5, 0.6) is 0 Å². The summed E-state index contributed by atoms with van der Waals surface area (Å²) in [4.78, 5) is 13.5. The zero-order valence-corrected chi connectivity index (χ0v) is 11.0. The molecule has 0 saturated heterocycles. The number of halogens is 1. The summed E-state index contributed by atoms with van der Waals surface area (Å²) in [5, 5.41) is 0.759. The highest BCUT2D eigenvalue weighted by Crippen LogP contribution is 2.40. The SMILES string of the molecule is CC(=O)c1cc2c(s1)-c1cc(Cl)ccc1CC2. The second-order valence-corrected chi connectivity index (χ2v) is 5.81. The molecule has 1 nitrogen and oxygen atoms in total. The van der Waals surface area contributed by atoms with E-state index >= 15 is 0 Å². The average Bonchev–Trinajstić information content (AvgIpc) is 2.73. The first-order valence-corrected chi connectivity index (χ1v) is 6.77. The number of Topliss-reactive ketones (excluding diaryl/α,β-unsaturated/α-hetero) is 1. The standard InChI is InChI=1S/C14H11ClOS/c1-8(16)13-6-10-3-2-9-4-5-11(15)7-12(9)14(10)17-13/h4-7H,2-3H2,1H3. The van der Waals surface area contributed by atoms with Gasteiger partial charge in [-0.05, 0) is 54.7 Å². The Balaban J connectivity index is 2.21. The first-order chi connectivity index (χ1) is 8.15. The Morgan fingerprint density at radius 1 is 1.24 bits per heavy atom. The van der Waals surface area contributed by atoms with Gasteiger partial charge in [0, 0.05) is 9.90 Å². The minimum atomic E-state index is 0.146. The second-order valence-electron chi connectivity index (χ2n) is 4.32. The number of carbonyl (C=O) groups excluding carboxylic acids is 1. The molecular weight excluding hydrogens is 252 g/mol. The summed E-state index contributed by atoms with van der Waals surface area (Å²) in [7, 11) is 0. The molecule has 2 aromatic rings. The molecule has 86 valence electrons. The van der Waals surface area contributed by atoms with Crippen LogP contribution in [0.4, 0.5) is 0 Å². The van der Waals surface area contributed by atoms with Crippen molar-refractivity contribution in [2.75, 3.05) is 0 Å². The van der Waals surface area contributed by atoms with Gasteiger partial charge < -0.3 is 0 Å². The van der Waals surface area contributed by atoms with E-state index in [1.165, 1.54) is 21.6 Å². The lowest BCUT2D eigenvalue weighted by Crippen LogP contribution is -2.00. The summed E-state index contributed by atoms with van der Waals surface area (Å²) >= 11 is 7.64. The summed E-state index contributed by atoms with van der Waals surface area (Å²) in [5.41, 5.74) is 3.82. The van der Waals surface area contributed by atoms with Gasteiger partial charge in [0.25, 0.3) is 0 Å². The van der Waals surface area contributed by atoms with Gasteiger partial charge in [-0.15, -0.1) is 11.3 Å². The molecule has 0 aliphatic heterocycles. The van der Waals surface area contributed by atoms with Crippen LogP contribution in [-0.4, -0.2) is 5.78 Å². The summed E-state index contributed by atoms with van der Waals surface area (Å²) in [6.45, 7) is 1.62. The molecule has 0 unspecified atom stereocenters. The highest BCUT2D eigenvalue weighted by molar-refractivity contribution is 7.17. The number of aryl methyl sites for hydroxylation is 2. The van der Waals surface area contributed by atoms with Crippen LogP contribution in [0.15, 0.2) is 24.3 Å². The van der Waals surface area contributed by atoms with Gasteiger partial charge in [0.1, 0.15) is 0 Å². The molecular formula is C14H11ClOS. The van der Waals surface area contributed by atoms with Crippen molar-refractivity contribution in [3.05, 3.63) is 45.3 Å². The Labute approximate surface area is 109 Å². The van der Waals surface area contributed by atoms with E-state index in [2.05, 4.69) is 6.07 Å². The number of hydrogen-bond acceptors (Lipinski definition) is 2. The third-order valence-electron chi connectivity index (χ3n) is 3.14. The Morgan fingerprint density at radius 3 is 2.76 bits per heavy atom.